The predicted octanol–water partition coefficient (Wildman–Crippen LogP) is 2.35. The molecule has 0 unspecified atom stereocenters. The molecule has 0 saturated carbocycles. The van der Waals surface area contributed by atoms with E-state index in [1.54, 1.807) is 19.2 Å². The number of aliphatic imine (C=N–C) groups is 1. The molecular formula is C14H22FIN4O. The van der Waals surface area contributed by atoms with Crippen molar-refractivity contribution in [3.63, 3.8) is 0 Å². The van der Waals surface area contributed by atoms with Gasteiger partial charge in [-0.3, -0.25) is 9.79 Å². The number of rotatable bonds is 6. The van der Waals surface area contributed by atoms with E-state index in [0.717, 1.165) is 19.4 Å². The van der Waals surface area contributed by atoms with E-state index in [-0.39, 0.29) is 42.2 Å². The number of halogens is 2. The molecule has 0 radical (unpaired) electrons. The van der Waals surface area contributed by atoms with Crippen LogP contribution in [0.1, 0.15) is 19.8 Å². The number of hydrogen-bond acceptors (Lipinski definition) is 2. The van der Waals surface area contributed by atoms with Gasteiger partial charge in [-0.2, -0.15) is 0 Å². The van der Waals surface area contributed by atoms with Crippen LogP contribution in [0.3, 0.4) is 0 Å². The van der Waals surface area contributed by atoms with Crippen LogP contribution in [-0.2, 0) is 4.79 Å². The summed E-state index contributed by atoms with van der Waals surface area (Å²) >= 11 is 0. The maximum atomic E-state index is 13.0. The first-order chi connectivity index (χ1) is 9.65. The van der Waals surface area contributed by atoms with Crippen LogP contribution in [0.15, 0.2) is 29.3 Å². The van der Waals surface area contributed by atoms with Gasteiger partial charge in [0, 0.05) is 19.3 Å². The van der Waals surface area contributed by atoms with Gasteiger partial charge in [-0.15, -0.1) is 24.0 Å². The van der Waals surface area contributed by atoms with Crippen LogP contribution in [0, 0.1) is 5.82 Å². The minimum atomic E-state index is -0.382. The Morgan fingerprint density at radius 2 is 2.10 bits per heavy atom. The zero-order chi connectivity index (χ0) is 14.8. The number of unbranched alkanes of at least 4 members (excludes halogenated alkanes) is 1. The van der Waals surface area contributed by atoms with Crippen molar-refractivity contribution >= 4 is 41.5 Å². The molecule has 3 N–H and O–H groups in total. The van der Waals surface area contributed by atoms with Crippen molar-refractivity contribution in [1.29, 1.82) is 0 Å². The lowest BCUT2D eigenvalue weighted by Crippen LogP contribution is -2.41. The highest BCUT2D eigenvalue weighted by molar-refractivity contribution is 14.0. The fourth-order valence-corrected chi connectivity index (χ4v) is 1.54. The lowest BCUT2D eigenvalue weighted by molar-refractivity contribution is -0.115. The number of carbonyl (C=O) groups is 1. The van der Waals surface area contributed by atoms with Crippen molar-refractivity contribution in [3.8, 4) is 0 Å². The zero-order valence-electron chi connectivity index (χ0n) is 12.3. The maximum Gasteiger partial charge on any atom is 0.243 e. The van der Waals surface area contributed by atoms with Gasteiger partial charge in [0.1, 0.15) is 5.82 Å². The maximum absolute atomic E-state index is 13.0. The van der Waals surface area contributed by atoms with Gasteiger partial charge in [-0.05, 0) is 24.6 Å². The second-order valence-electron chi connectivity index (χ2n) is 4.26. The van der Waals surface area contributed by atoms with Crippen LogP contribution in [0.25, 0.3) is 0 Å². The SMILES string of the molecule is CCCCNC(=NC)NCC(=O)Nc1cccc(F)c1.I. The first kappa shape index (κ1) is 19.6. The molecule has 0 aliphatic heterocycles. The normalized spacial score (nSPS) is 10.5. The summed E-state index contributed by atoms with van der Waals surface area (Å²) in [6, 6.07) is 5.78. The summed E-state index contributed by atoms with van der Waals surface area (Å²) in [4.78, 5) is 15.7. The number of nitrogens with one attached hydrogen (secondary N) is 3. The summed E-state index contributed by atoms with van der Waals surface area (Å²) in [6.07, 6.45) is 2.13. The smallest absolute Gasteiger partial charge is 0.243 e. The van der Waals surface area contributed by atoms with Gasteiger partial charge in [0.2, 0.25) is 5.91 Å². The van der Waals surface area contributed by atoms with Crippen LogP contribution < -0.4 is 16.0 Å². The summed E-state index contributed by atoms with van der Waals surface area (Å²) in [6.45, 7) is 2.98. The van der Waals surface area contributed by atoms with Crippen molar-refractivity contribution in [1.82, 2.24) is 10.6 Å². The Hall–Kier alpha value is -1.38. The van der Waals surface area contributed by atoms with E-state index in [2.05, 4.69) is 27.9 Å². The second kappa shape index (κ2) is 11.3. The van der Waals surface area contributed by atoms with Crippen LogP contribution in [-0.4, -0.2) is 32.0 Å². The van der Waals surface area contributed by atoms with Crippen molar-refractivity contribution in [2.45, 2.75) is 19.8 Å². The van der Waals surface area contributed by atoms with Gasteiger partial charge < -0.3 is 16.0 Å². The van der Waals surface area contributed by atoms with Gasteiger partial charge in [-0.1, -0.05) is 19.4 Å². The Kier molecular flexibility index (Phi) is 10.6. The Morgan fingerprint density at radius 3 is 2.71 bits per heavy atom. The molecule has 0 saturated heterocycles. The predicted molar refractivity (Wildman–Crippen MR) is 94.7 cm³/mol. The van der Waals surface area contributed by atoms with Crippen molar-refractivity contribution in [3.05, 3.63) is 30.1 Å². The number of hydrogen-bond donors (Lipinski definition) is 3. The fraction of sp³-hybridized carbons (Fsp3) is 0.429. The van der Waals surface area contributed by atoms with Crippen LogP contribution >= 0.6 is 24.0 Å². The fourth-order valence-electron chi connectivity index (χ4n) is 1.54. The Balaban J connectivity index is 0.00000400. The summed E-state index contributed by atoms with van der Waals surface area (Å²) in [5, 5.41) is 8.60. The molecule has 118 valence electrons. The van der Waals surface area contributed by atoms with E-state index in [1.165, 1.54) is 12.1 Å². The number of anilines is 1. The number of nitrogens with zero attached hydrogens (tertiary/aromatic N) is 1. The van der Waals surface area contributed by atoms with Gasteiger partial charge in [0.05, 0.1) is 6.54 Å². The minimum Gasteiger partial charge on any atom is -0.356 e. The Bertz CT molecular complexity index is 468. The summed E-state index contributed by atoms with van der Waals surface area (Å²) < 4.78 is 13.0. The molecule has 0 atom stereocenters. The highest BCUT2D eigenvalue weighted by atomic mass is 127. The highest BCUT2D eigenvalue weighted by Crippen LogP contribution is 2.08. The number of carbonyl (C=O) groups excluding carboxylic acids is 1. The quantitative estimate of drug-likeness (QED) is 0.293. The van der Waals surface area contributed by atoms with Gasteiger partial charge in [0.15, 0.2) is 5.96 Å². The van der Waals surface area contributed by atoms with Crippen LogP contribution in [0.5, 0.6) is 0 Å². The first-order valence-corrected chi connectivity index (χ1v) is 6.65. The third-order valence-corrected chi connectivity index (χ3v) is 2.57. The molecule has 0 bridgehead atoms. The largest absolute Gasteiger partial charge is 0.356 e. The monoisotopic (exact) mass is 408 g/mol. The van der Waals surface area contributed by atoms with Crippen molar-refractivity contribution < 1.29 is 9.18 Å². The summed E-state index contributed by atoms with van der Waals surface area (Å²) in [7, 11) is 1.64. The number of guanidine groups is 1. The number of benzene rings is 1. The highest BCUT2D eigenvalue weighted by Gasteiger charge is 2.04. The topological polar surface area (TPSA) is 65.5 Å². The van der Waals surface area contributed by atoms with E-state index < -0.39 is 0 Å². The van der Waals surface area contributed by atoms with Gasteiger partial charge in [-0.25, -0.2) is 4.39 Å². The molecular weight excluding hydrogens is 386 g/mol. The lowest BCUT2D eigenvalue weighted by atomic mass is 10.3. The van der Waals surface area contributed by atoms with Gasteiger partial charge >= 0.3 is 0 Å². The Morgan fingerprint density at radius 1 is 1.33 bits per heavy atom. The molecule has 0 spiro atoms. The molecule has 7 heteroatoms. The van der Waals surface area contributed by atoms with Crippen molar-refractivity contribution in [2.24, 2.45) is 4.99 Å². The molecule has 1 amide bonds. The minimum absolute atomic E-state index is 0. The average Bonchev–Trinajstić information content (AvgIpc) is 2.42. The van der Waals surface area contributed by atoms with Crippen LogP contribution in [0.2, 0.25) is 0 Å². The molecule has 1 rings (SSSR count). The van der Waals surface area contributed by atoms with E-state index in [4.69, 9.17) is 0 Å². The molecule has 0 aromatic heterocycles. The first-order valence-electron chi connectivity index (χ1n) is 6.65. The molecule has 21 heavy (non-hydrogen) atoms. The molecule has 1 aromatic rings. The molecule has 0 heterocycles. The molecule has 5 nitrogen and oxygen atoms in total. The third kappa shape index (κ3) is 8.49. The number of amides is 1. The summed E-state index contributed by atoms with van der Waals surface area (Å²) in [5.74, 6) is -0.0605. The Labute approximate surface area is 141 Å². The van der Waals surface area contributed by atoms with Crippen molar-refractivity contribution in [2.75, 3.05) is 25.5 Å². The van der Waals surface area contributed by atoms with E-state index in [0.29, 0.717) is 11.6 Å². The second-order valence-corrected chi connectivity index (χ2v) is 4.26. The standard InChI is InChI=1S/C14H21FN4O.HI/c1-3-4-8-17-14(16-2)18-10-13(20)19-12-7-5-6-11(15)9-12;/h5-7,9H,3-4,8,10H2,1-2H3,(H,19,20)(H2,16,17,18);1H. The average molecular weight is 408 g/mol. The lowest BCUT2D eigenvalue weighted by Gasteiger charge is -2.11. The summed E-state index contributed by atoms with van der Waals surface area (Å²) in [5.41, 5.74) is 0.436. The molecule has 0 aliphatic carbocycles. The van der Waals surface area contributed by atoms with E-state index in [1.807, 2.05) is 0 Å². The zero-order valence-corrected chi connectivity index (χ0v) is 14.6. The van der Waals surface area contributed by atoms with E-state index >= 15 is 0 Å². The molecule has 0 aliphatic rings. The molecule has 0 fully saturated rings. The van der Waals surface area contributed by atoms with Crippen LogP contribution in [0.4, 0.5) is 10.1 Å². The van der Waals surface area contributed by atoms with E-state index in [9.17, 15) is 9.18 Å². The van der Waals surface area contributed by atoms with Gasteiger partial charge in [0.25, 0.3) is 0 Å². The third-order valence-electron chi connectivity index (χ3n) is 2.57. The molecule has 1 aromatic carbocycles.